The van der Waals surface area contributed by atoms with E-state index in [1.165, 1.54) is 11.3 Å². The zero-order chi connectivity index (χ0) is 11.5. The molecule has 0 aliphatic carbocycles. The summed E-state index contributed by atoms with van der Waals surface area (Å²) in [5.74, 6) is 0.104. The van der Waals surface area contributed by atoms with Gasteiger partial charge in [-0.3, -0.25) is 9.69 Å². The molecule has 1 aromatic heterocycles. The zero-order valence-electron chi connectivity index (χ0n) is 9.04. The van der Waals surface area contributed by atoms with Gasteiger partial charge in [0, 0.05) is 12.6 Å². The quantitative estimate of drug-likeness (QED) is 0.767. The van der Waals surface area contributed by atoms with Gasteiger partial charge in [0.1, 0.15) is 0 Å². The maximum absolute atomic E-state index is 12.1. The van der Waals surface area contributed by atoms with Crippen molar-refractivity contribution in [3.63, 3.8) is 0 Å². The number of anilines is 1. The standard InChI is InChI=1S/C11H11N3O2/c1-8-5-3-4-6-9(8)10(15)14(2)11-12-7-16-13-11/h3-7H,1-2H3. The Kier molecular flexibility index (Phi) is 2.68. The molecule has 0 aliphatic heterocycles. The first-order chi connectivity index (χ1) is 7.70. The third kappa shape index (κ3) is 1.79. The van der Waals surface area contributed by atoms with Crippen LogP contribution < -0.4 is 4.90 Å². The molecule has 1 aromatic carbocycles. The van der Waals surface area contributed by atoms with Crippen molar-refractivity contribution >= 4 is 11.9 Å². The topological polar surface area (TPSA) is 59.2 Å². The lowest BCUT2D eigenvalue weighted by Gasteiger charge is -2.13. The summed E-state index contributed by atoms with van der Waals surface area (Å²) in [6.07, 6.45) is 1.19. The van der Waals surface area contributed by atoms with Crippen molar-refractivity contribution in [2.45, 2.75) is 6.92 Å². The Morgan fingerprint density at radius 3 is 2.75 bits per heavy atom. The van der Waals surface area contributed by atoms with Crippen LogP contribution >= 0.6 is 0 Å². The highest BCUT2D eigenvalue weighted by Gasteiger charge is 2.17. The van der Waals surface area contributed by atoms with Crippen LogP contribution in [0.15, 0.2) is 35.2 Å². The monoisotopic (exact) mass is 217 g/mol. The van der Waals surface area contributed by atoms with Crippen molar-refractivity contribution in [2.75, 3.05) is 11.9 Å². The molecule has 0 spiro atoms. The molecule has 0 saturated heterocycles. The molecule has 1 heterocycles. The molecule has 1 amide bonds. The van der Waals surface area contributed by atoms with Gasteiger partial charge in [0.2, 0.25) is 6.39 Å². The second-order valence-electron chi connectivity index (χ2n) is 3.41. The summed E-state index contributed by atoms with van der Waals surface area (Å²) in [6.45, 7) is 1.89. The molecule has 16 heavy (non-hydrogen) atoms. The first-order valence-corrected chi connectivity index (χ1v) is 4.80. The van der Waals surface area contributed by atoms with Gasteiger partial charge in [-0.05, 0) is 23.7 Å². The summed E-state index contributed by atoms with van der Waals surface area (Å²) in [5, 5.41) is 3.61. The SMILES string of the molecule is Cc1ccccc1C(=O)N(C)c1ncon1. The Bertz CT molecular complexity index is 494. The summed E-state index contributed by atoms with van der Waals surface area (Å²) >= 11 is 0. The van der Waals surface area contributed by atoms with E-state index >= 15 is 0 Å². The number of amides is 1. The zero-order valence-corrected chi connectivity index (χ0v) is 9.04. The number of hydrogen-bond donors (Lipinski definition) is 0. The van der Waals surface area contributed by atoms with Crippen LogP contribution in [-0.4, -0.2) is 23.1 Å². The van der Waals surface area contributed by atoms with Gasteiger partial charge in [0.25, 0.3) is 11.9 Å². The van der Waals surface area contributed by atoms with E-state index in [-0.39, 0.29) is 11.9 Å². The maximum atomic E-state index is 12.1. The van der Waals surface area contributed by atoms with Gasteiger partial charge in [-0.15, -0.1) is 0 Å². The number of rotatable bonds is 2. The van der Waals surface area contributed by atoms with E-state index in [1.54, 1.807) is 13.1 Å². The Morgan fingerprint density at radius 1 is 1.38 bits per heavy atom. The van der Waals surface area contributed by atoms with Crippen LogP contribution in [0.25, 0.3) is 0 Å². The molecule has 2 rings (SSSR count). The van der Waals surface area contributed by atoms with Gasteiger partial charge in [0.05, 0.1) is 0 Å². The molecule has 82 valence electrons. The van der Waals surface area contributed by atoms with E-state index in [4.69, 9.17) is 0 Å². The summed E-state index contributed by atoms with van der Waals surface area (Å²) < 4.78 is 4.60. The molecule has 0 saturated carbocycles. The van der Waals surface area contributed by atoms with Crippen molar-refractivity contribution in [1.82, 2.24) is 10.1 Å². The number of aromatic nitrogens is 2. The van der Waals surface area contributed by atoms with Crippen LogP contribution in [0.5, 0.6) is 0 Å². The molecule has 0 N–H and O–H groups in total. The first kappa shape index (κ1) is 10.4. The fraction of sp³-hybridized carbons (Fsp3) is 0.182. The summed E-state index contributed by atoms with van der Waals surface area (Å²) in [5.41, 5.74) is 1.55. The minimum atomic E-state index is -0.153. The number of nitrogens with zero attached hydrogens (tertiary/aromatic N) is 3. The number of hydrogen-bond acceptors (Lipinski definition) is 4. The lowest BCUT2D eigenvalue weighted by Crippen LogP contribution is -2.27. The fourth-order valence-corrected chi connectivity index (χ4v) is 1.40. The molecule has 5 heteroatoms. The van der Waals surface area contributed by atoms with Crippen molar-refractivity contribution < 1.29 is 9.32 Å². The van der Waals surface area contributed by atoms with E-state index in [1.807, 2.05) is 25.1 Å². The van der Waals surface area contributed by atoms with Gasteiger partial charge >= 0.3 is 0 Å². The molecule has 0 unspecified atom stereocenters. The molecule has 0 bridgehead atoms. The predicted molar refractivity (Wildman–Crippen MR) is 58.2 cm³/mol. The van der Waals surface area contributed by atoms with Gasteiger partial charge in [-0.25, -0.2) is 0 Å². The number of benzene rings is 1. The lowest BCUT2D eigenvalue weighted by atomic mass is 10.1. The average Bonchev–Trinajstić information content (AvgIpc) is 2.81. The number of carbonyl (C=O) groups is 1. The van der Waals surface area contributed by atoms with Crippen LogP contribution in [0.1, 0.15) is 15.9 Å². The first-order valence-electron chi connectivity index (χ1n) is 4.80. The molecule has 0 aliphatic rings. The minimum Gasteiger partial charge on any atom is -0.341 e. The highest BCUT2D eigenvalue weighted by molar-refractivity contribution is 6.05. The van der Waals surface area contributed by atoms with Gasteiger partial charge in [-0.1, -0.05) is 18.2 Å². The predicted octanol–water partition coefficient (Wildman–Crippen LogP) is 1.65. The van der Waals surface area contributed by atoms with Gasteiger partial charge in [0.15, 0.2) is 0 Å². The van der Waals surface area contributed by atoms with E-state index in [0.717, 1.165) is 5.56 Å². The fourth-order valence-electron chi connectivity index (χ4n) is 1.40. The molecular weight excluding hydrogens is 206 g/mol. The molecule has 5 nitrogen and oxygen atoms in total. The molecule has 2 aromatic rings. The van der Waals surface area contributed by atoms with E-state index in [2.05, 4.69) is 14.7 Å². The Labute approximate surface area is 92.7 Å². The Morgan fingerprint density at radius 2 is 2.12 bits per heavy atom. The van der Waals surface area contributed by atoms with E-state index < -0.39 is 0 Å². The lowest BCUT2D eigenvalue weighted by molar-refractivity contribution is 0.0990. The third-order valence-corrected chi connectivity index (χ3v) is 2.33. The molecule has 0 radical (unpaired) electrons. The smallest absolute Gasteiger partial charge is 0.272 e. The number of carbonyl (C=O) groups excluding carboxylic acids is 1. The van der Waals surface area contributed by atoms with Crippen LogP contribution in [0, 0.1) is 6.92 Å². The summed E-state index contributed by atoms with van der Waals surface area (Å²) in [6, 6.07) is 7.37. The minimum absolute atomic E-state index is 0.153. The van der Waals surface area contributed by atoms with Crippen LogP contribution in [-0.2, 0) is 0 Å². The summed E-state index contributed by atoms with van der Waals surface area (Å²) in [4.78, 5) is 17.2. The van der Waals surface area contributed by atoms with Crippen LogP contribution in [0.4, 0.5) is 5.95 Å². The second kappa shape index (κ2) is 4.14. The van der Waals surface area contributed by atoms with E-state index in [9.17, 15) is 4.79 Å². The van der Waals surface area contributed by atoms with Crippen molar-refractivity contribution in [3.8, 4) is 0 Å². The van der Waals surface area contributed by atoms with Crippen LogP contribution in [0.3, 0.4) is 0 Å². The Balaban J connectivity index is 2.30. The van der Waals surface area contributed by atoms with Gasteiger partial charge < -0.3 is 4.52 Å². The maximum Gasteiger partial charge on any atom is 0.272 e. The van der Waals surface area contributed by atoms with Crippen molar-refractivity contribution in [3.05, 3.63) is 41.8 Å². The average molecular weight is 217 g/mol. The second-order valence-corrected chi connectivity index (χ2v) is 3.41. The molecule has 0 fully saturated rings. The third-order valence-electron chi connectivity index (χ3n) is 2.33. The van der Waals surface area contributed by atoms with Crippen LogP contribution in [0.2, 0.25) is 0 Å². The largest absolute Gasteiger partial charge is 0.341 e. The van der Waals surface area contributed by atoms with Crippen molar-refractivity contribution in [2.24, 2.45) is 0 Å². The highest BCUT2D eigenvalue weighted by atomic mass is 16.5. The summed E-state index contributed by atoms with van der Waals surface area (Å²) in [7, 11) is 1.61. The molecular formula is C11H11N3O2. The molecule has 0 atom stereocenters. The van der Waals surface area contributed by atoms with Crippen molar-refractivity contribution in [1.29, 1.82) is 0 Å². The normalized spacial score (nSPS) is 10.1. The Hall–Kier alpha value is -2.17. The van der Waals surface area contributed by atoms with E-state index in [0.29, 0.717) is 5.56 Å². The number of aryl methyl sites for hydroxylation is 1. The van der Waals surface area contributed by atoms with Gasteiger partial charge in [-0.2, -0.15) is 4.98 Å². The highest BCUT2D eigenvalue weighted by Crippen LogP contribution is 2.13.